The summed E-state index contributed by atoms with van der Waals surface area (Å²) in [6.07, 6.45) is 4.42. The molecule has 5 nitrogen and oxygen atoms in total. The van der Waals surface area contributed by atoms with Crippen LogP contribution in [-0.2, 0) is 19.1 Å². The molecule has 1 rings (SSSR count). The van der Waals surface area contributed by atoms with Gasteiger partial charge in [-0.05, 0) is 40.5 Å². The molecule has 0 aliphatic heterocycles. The highest BCUT2D eigenvalue weighted by molar-refractivity contribution is 5.83. The summed E-state index contributed by atoms with van der Waals surface area (Å²) in [7, 11) is 1.35. The topological polar surface area (TPSA) is 64.6 Å². The Hall–Kier alpha value is -1.10. The van der Waals surface area contributed by atoms with Crippen molar-refractivity contribution in [2.24, 2.45) is 0 Å². The van der Waals surface area contributed by atoms with Crippen molar-refractivity contribution in [3.63, 3.8) is 0 Å². The molecule has 0 saturated heterocycles. The molecular formula is C15H27NO4. The van der Waals surface area contributed by atoms with Crippen LogP contribution >= 0.6 is 0 Å². The average Bonchev–Trinajstić information content (AvgIpc) is 2.36. The SMILES string of the molecule is COC(=O)C(C)NC1(C(=O)OC(C)(C)C)CCCCC1. The molecule has 0 spiro atoms. The van der Waals surface area contributed by atoms with E-state index in [1.54, 1.807) is 6.92 Å². The van der Waals surface area contributed by atoms with E-state index in [1.807, 2.05) is 20.8 Å². The fourth-order valence-corrected chi connectivity index (χ4v) is 2.59. The molecule has 0 radical (unpaired) electrons. The standard InChI is InChI=1S/C15H27NO4/c1-11(12(17)19-5)16-15(9-7-6-8-10-15)13(18)20-14(2,3)4/h11,16H,6-10H2,1-5H3. The zero-order chi connectivity index (χ0) is 15.4. The zero-order valence-electron chi connectivity index (χ0n) is 13.2. The van der Waals surface area contributed by atoms with E-state index >= 15 is 0 Å². The number of nitrogens with one attached hydrogen (secondary N) is 1. The molecule has 0 amide bonds. The summed E-state index contributed by atoms with van der Waals surface area (Å²) in [5.41, 5.74) is -1.29. The van der Waals surface area contributed by atoms with E-state index in [4.69, 9.17) is 9.47 Å². The zero-order valence-corrected chi connectivity index (χ0v) is 13.2. The van der Waals surface area contributed by atoms with E-state index in [1.165, 1.54) is 7.11 Å². The fourth-order valence-electron chi connectivity index (χ4n) is 2.59. The van der Waals surface area contributed by atoms with Gasteiger partial charge in [-0.15, -0.1) is 0 Å². The van der Waals surface area contributed by atoms with Crippen LogP contribution in [0.25, 0.3) is 0 Å². The average molecular weight is 285 g/mol. The lowest BCUT2D eigenvalue weighted by Crippen LogP contribution is -2.59. The van der Waals surface area contributed by atoms with Crippen molar-refractivity contribution < 1.29 is 19.1 Å². The largest absolute Gasteiger partial charge is 0.468 e. The van der Waals surface area contributed by atoms with Gasteiger partial charge >= 0.3 is 11.9 Å². The predicted molar refractivity (Wildman–Crippen MR) is 76.3 cm³/mol. The second-order valence-corrected chi connectivity index (χ2v) is 6.53. The van der Waals surface area contributed by atoms with E-state index in [2.05, 4.69) is 5.32 Å². The molecule has 0 heterocycles. The van der Waals surface area contributed by atoms with E-state index in [9.17, 15) is 9.59 Å². The molecular weight excluding hydrogens is 258 g/mol. The summed E-state index contributed by atoms with van der Waals surface area (Å²) >= 11 is 0. The van der Waals surface area contributed by atoms with Gasteiger partial charge in [-0.3, -0.25) is 14.9 Å². The van der Waals surface area contributed by atoms with Crippen molar-refractivity contribution in [2.45, 2.75) is 77.0 Å². The van der Waals surface area contributed by atoms with Crippen molar-refractivity contribution in [3.8, 4) is 0 Å². The van der Waals surface area contributed by atoms with Crippen molar-refractivity contribution in [1.82, 2.24) is 5.32 Å². The number of carbonyl (C=O) groups is 2. The van der Waals surface area contributed by atoms with E-state index < -0.39 is 17.2 Å². The minimum atomic E-state index is -0.765. The number of carbonyl (C=O) groups excluding carboxylic acids is 2. The Bertz CT molecular complexity index is 353. The number of esters is 2. The number of rotatable bonds is 4. The Morgan fingerprint density at radius 2 is 1.70 bits per heavy atom. The summed E-state index contributed by atoms with van der Waals surface area (Å²) < 4.78 is 10.3. The lowest BCUT2D eigenvalue weighted by atomic mass is 9.81. The van der Waals surface area contributed by atoms with Crippen LogP contribution in [0.15, 0.2) is 0 Å². The Balaban J connectivity index is 2.86. The van der Waals surface area contributed by atoms with Gasteiger partial charge in [0.1, 0.15) is 17.2 Å². The quantitative estimate of drug-likeness (QED) is 0.802. The molecule has 5 heteroatoms. The van der Waals surface area contributed by atoms with Crippen LogP contribution in [0.5, 0.6) is 0 Å². The molecule has 1 fully saturated rings. The Morgan fingerprint density at radius 1 is 1.15 bits per heavy atom. The summed E-state index contributed by atoms with van der Waals surface area (Å²) in [5, 5.41) is 3.16. The van der Waals surface area contributed by atoms with Crippen LogP contribution in [0.3, 0.4) is 0 Å². The van der Waals surface area contributed by atoms with Gasteiger partial charge in [0.15, 0.2) is 0 Å². The third-order valence-corrected chi connectivity index (χ3v) is 3.54. The smallest absolute Gasteiger partial charge is 0.326 e. The van der Waals surface area contributed by atoms with Gasteiger partial charge in [0.2, 0.25) is 0 Å². The molecule has 20 heavy (non-hydrogen) atoms. The van der Waals surface area contributed by atoms with Crippen LogP contribution < -0.4 is 5.32 Å². The minimum absolute atomic E-state index is 0.263. The minimum Gasteiger partial charge on any atom is -0.468 e. The van der Waals surface area contributed by atoms with Gasteiger partial charge in [-0.25, -0.2) is 0 Å². The number of hydrogen-bond donors (Lipinski definition) is 1. The first-order chi connectivity index (χ1) is 9.20. The molecule has 1 unspecified atom stereocenters. The van der Waals surface area contributed by atoms with Gasteiger partial charge in [0.05, 0.1) is 7.11 Å². The van der Waals surface area contributed by atoms with Crippen molar-refractivity contribution in [1.29, 1.82) is 0 Å². The second kappa shape index (κ2) is 6.57. The Labute approximate surface area is 121 Å². The van der Waals surface area contributed by atoms with E-state index in [0.717, 1.165) is 19.3 Å². The van der Waals surface area contributed by atoms with Gasteiger partial charge in [0, 0.05) is 0 Å². The normalized spacial score (nSPS) is 20.1. The number of hydrogen-bond acceptors (Lipinski definition) is 5. The van der Waals surface area contributed by atoms with Crippen molar-refractivity contribution in [3.05, 3.63) is 0 Å². The van der Waals surface area contributed by atoms with Crippen LogP contribution in [0.1, 0.15) is 59.8 Å². The van der Waals surface area contributed by atoms with E-state index in [-0.39, 0.29) is 11.9 Å². The van der Waals surface area contributed by atoms with Crippen LogP contribution in [-0.4, -0.2) is 36.2 Å². The monoisotopic (exact) mass is 285 g/mol. The van der Waals surface area contributed by atoms with E-state index in [0.29, 0.717) is 12.8 Å². The number of methoxy groups -OCH3 is 1. The highest BCUT2D eigenvalue weighted by atomic mass is 16.6. The fraction of sp³-hybridized carbons (Fsp3) is 0.867. The molecule has 116 valence electrons. The number of ether oxygens (including phenoxy) is 2. The molecule has 1 aliphatic carbocycles. The highest BCUT2D eigenvalue weighted by Gasteiger charge is 2.44. The third kappa shape index (κ3) is 4.47. The first kappa shape index (κ1) is 17.0. The summed E-state index contributed by atoms with van der Waals surface area (Å²) in [4.78, 5) is 24.1. The Kier molecular flexibility index (Phi) is 5.57. The first-order valence-corrected chi connectivity index (χ1v) is 7.29. The van der Waals surface area contributed by atoms with Crippen molar-refractivity contribution >= 4 is 11.9 Å². The lowest BCUT2D eigenvalue weighted by Gasteiger charge is -2.39. The molecule has 0 aromatic carbocycles. The maximum atomic E-state index is 12.5. The van der Waals surface area contributed by atoms with Crippen LogP contribution in [0.2, 0.25) is 0 Å². The molecule has 0 bridgehead atoms. The molecule has 0 aromatic heterocycles. The molecule has 1 N–H and O–H groups in total. The molecule has 1 aliphatic rings. The maximum absolute atomic E-state index is 12.5. The van der Waals surface area contributed by atoms with Gasteiger partial charge in [0.25, 0.3) is 0 Å². The molecule has 0 aromatic rings. The van der Waals surface area contributed by atoms with Crippen molar-refractivity contribution in [2.75, 3.05) is 7.11 Å². The Morgan fingerprint density at radius 3 is 2.15 bits per heavy atom. The predicted octanol–water partition coefficient (Wildman–Crippen LogP) is 2.18. The molecule has 1 saturated carbocycles. The van der Waals surface area contributed by atoms with Gasteiger partial charge in [-0.1, -0.05) is 19.3 Å². The van der Waals surface area contributed by atoms with Crippen LogP contribution in [0.4, 0.5) is 0 Å². The maximum Gasteiger partial charge on any atom is 0.326 e. The summed E-state index contributed by atoms with van der Waals surface area (Å²) in [6.45, 7) is 7.27. The summed E-state index contributed by atoms with van der Waals surface area (Å²) in [6, 6.07) is -0.523. The van der Waals surface area contributed by atoms with Gasteiger partial charge < -0.3 is 9.47 Å². The molecule has 1 atom stereocenters. The van der Waals surface area contributed by atoms with Gasteiger partial charge in [-0.2, -0.15) is 0 Å². The third-order valence-electron chi connectivity index (χ3n) is 3.54. The first-order valence-electron chi connectivity index (χ1n) is 7.29. The lowest BCUT2D eigenvalue weighted by molar-refractivity contribution is -0.166. The summed E-state index contributed by atoms with van der Waals surface area (Å²) in [5.74, 6) is -0.626. The van der Waals surface area contributed by atoms with Crippen LogP contribution in [0, 0.1) is 0 Å². The highest BCUT2D eigenvalue weighted by Crippen LogP contribution is 2.31. The second-order valence-electron chi connectivity index (χ2n) is 6.53.